The van der Waals surface area contributed by atoms with Crippen molar-refractivity contribution in [3.05, 3.63) is 52.1 Å². The average Bonchev–Trinajstić information content (AvgIpc) is 3.35. The Bertz CT molecular complexity index is 946. The summed E-state index contributed by atoms with van der Waals surface area (Å²) in [5.41, 5.74) is 0.387. The van der Waals surface area contributed by atoms with Gasteiger partial charge in [0.25, 0.3) is 11.6 Å². The third-order valence-corrected chi connectivity index (χ3v) is 4.05. The number of rotatable bonds is 5. The van der Waals surface area contributed by atoms with E-state index >= 15 is 0 Å². The van der Waals surface area contributed by atoms with Crippen LogP contribution in [0.25, 0.3) is 0 Å². The van der Waals surface area contributed by atoms with Crippen molar-refractivity contribution in [3.8, 4) is 11.5 Å². The number of nitro groups is 1. The molecule has 2 aliphatic rings. The molecule has 1 fully saturated rings. The summed E-state index contributed by atoms with van der Waals surface area (Å²) in [5.74, 6) is -0.987. The number of fused-ring (bicyclic) bond motifs is 1. The van der Waals surface area contributed by atoms with Crippen molar-refractivity contribution in [1.82, 2.24) is 0 Å². The predicted molar refractivity (Wildman–Crippen MR) is 90.3 cm³/mol. The largest absolute Gasteiger partial charge is 0.586 e. The molecule has 1 amide bonds. The highest BCUT2D eigenvalue weighted by atomic mass is 19.3. The third kappa shape index (κ3) is 3.59. The summed E-state index contributed by atoms with van der Waals surface area (Å²) in [7, 11) is 0. The normalized spacial score (nSPS) is 16.7. The van der Waals surface area contributed by atoms with Crippen LogP contribution in [-0.4, -0.2) is 23.2 Å². The van der Waals surface area contributed by atoms with Crippen LogP contribution < -0.4 is 20.1 Å². The number of benzene rings is 2. The number of nitro benzene ring substituents is 1. The van der Waals surface area contributed by atoms with Crippen molar-refractivity contribution in [2.24, 2.45) is 0 Å². The van der Waals surface area contributed by atoms with Crippen molar-refractivity contribution in [1.29, 1.82) is 0 Å². The first-order chi connectivity index (χ1) is 12.8. The summed E-state index contributed by atoms with van der Waals surface area (Å²) >= 11 is 0. The van der Waals surface area contributed by atoms with Gasteiger partial charge >= 0.3 is 6.29 Å². The Morgan fingerprint density at radius 3 is 2.59 bits per heavy atom. The lowest BCUT2D eigenvalue weighted by atomic mass is 10.1. The van der Waals surface area contributed by atoms with Crippen LogP contribution in [0.3, 0.4) is 0 Å². The molecule has 1 heterocycles. The van der Waals surface area contributed by atoms with E-state index in [1.54, 1.807) is 0 Å². The first-order valence-corrected chi connectivity index (χ1v) is 8.07. The second-order valence-corrected chi connectivity index (χ2v) is 6.19. The van der Waals surface area contributed by atoms with Gasteiger partial charge in [-0.05, 0) is 37.1 Å². The second-order valence-electron chi connectivity index (χ2n) is 6.19. The maximum absolute atomic E-state index is 13.0. The average molecular weight is 377 g/mol. The fourth-order valence-corrected chi connectivity index (χ4v) is 2.62. The molecule has 0 atom stereocenters. The molecular weight excluding hydrogens is 364 g/mol. The van der Waals surface area contributed by atoms with Crippen LogP contribution in [0, 0.1) is 10.1 Å². The Balaban J connectivity index is 1.53. The Labute approximate surface area is 151 Å². The smallest absolute Gasteiger partial charge is 0.395 e. The van der Waals surface area contributed by atoms with Crippen LogP contribution in [0.15, 0.2) is 36.4 Å². The number of carbonyl (C=O) groups excluding carboxylic acids is 1. The van der Waals surface area contributed by atoms with Crippen LogP contribution in [-0.2, 0) is 0 Å². The van der Waals surface area contributed by atoms with Gasteiger partial charge in [0.1, 0.15) is 5.69 Å². The van der Waals surface area contributed by atoms with Crippen molar-refractivity contribution in [2.75, 3.05) is 10.6 Å². The number of carbonyl (C=O) groups is 1. The maximum Gasteiger partial charge on any atom is 0.586 e. The number of amides is 1. The van der Waals surface area contributed by atoms with Crippen LogP contribution in [0.2, 0.25) is 0 Å². The minimum Gasteiger partial charge on any atom is -0.395 e. The van der Waals surface area contributed by atoms with E-state index in [2.05, 4.69) is 20.1 Å². The number of nitrogens with zero attached hydrogens (tertiary/aromatic N) is 1. The quantitative estimate of drug-likeness (QED) is 0.608. The molecular formula is C17H13F2N3O5. The van der Waals surface area contributed by atoms with E-state index in [4.69, 9.17) is 0 Å². The molecule has 10 heteroatoms. The number of halogens is 2. The van der Waals surface area contributed by atoms with Crippen LogP contribution in [0.1, 0.15) is 23.2 Å². The van der Waals surface area contributed by atoms with Crippen molar-refractivity contribution in [2.45, 2.75) is 25.2 Å². The number of ether oxygens (including phenoxy) is 2. The summed E-state index contributed by atoms with van der Waals surface area (Å²) < 4.78 is 34.7. The maximum atomic E-state index is 13.0. The molecule has 2 aromatic carbocycles. The topological polar surface area (TPSA) is 103 Å². The highest BCUT2D eigenvalue weighted by Gasteiger charge is 2.43. The van der Waals surface area contributed by atoms with Crippen molar-refractivity contribution < 1.29 is 28.0 Å². The summed E-state index contributed by atoms with van der Waals surface area (Å²) in [6.07, 6.45) is -1.86. The molecule has 4 rings (SSSR count). The highest BCUT2D eigenvalue weighted by Crippen LogP contribution is 2.42. The van der Waals surface area contributed by atoms with E-state index in [1.807, 2.05) is 0 Å². The molecule has 0 saturated heterocycles. The van der Waals surface area contributed by atoms with E-state index in [0.717, 1.165) is 12.8 Å². The summed E-state index contributed by atoms with van der Waals surface area (Å²) in [6.45, 7) is 0. The molecule has 0 spiro atoms. The van der Waals surface area contributed by atoms with E-state index in [1.165, 1.54) is 36.4 Å². The fraction of sp³-hybridized carbons (Fsp3) is 0.235. The summed E-state index contributed by atoms with van der Waals surface area (Å²) in [5, 5.41) is 16.8. The monoisotopic (exact) mass is 377 g/mol. The molecule has 0 unspecified atom stereocenters. The lowest BCUT2D eigenvalue weighted by molar-refractivity contribution is -0.384. The molecule has 0 aromatic heterocycles. The standard InChI is InChI=1S/C17H13F2N3O5/c18-17(19)26-14-6-4-11(8-15(14)27-17)21-16(23)9-1-5-12(20-10-2-3-10)13(7-9)22(24)25/h1,4-8,10,20H,2-3H2,(H,21,23). The Morgan fingerprint density at radius 1 is 1.15 bits per heavy atom. The number of nitrogens with one attached hydrogen (secondary N) is 2. The lowest BCUT2D eigenvalue weighted by Crippen LogP contribution is -2.25. The summed E-state index contributed by atoms with van der Waals surface area (Å²) in [6, 6.07) is 8.10. The molecule has 0 radical (unpaired) electrons. The number of hydrogen-bond acceptors (Lipinski definition) is 6. The van der Waals surface area contributed by atoms with Gasteiger partial charge in [0.15, 0.2) is 11.5 Å². The zero-order valence-electron chi connectivity index (χ0n) is 13.7. The Morgan fingerprint density at radius 2 is 1.89 bits per heavy atom. The minimum atomic E-state index is -3.75. The second kappa shape index (κ2) is 6.08. The van der Waals surface area contributed by atoms with Crippen molar-refractivity contribution in [3.63, 3.8) is 0 Å². The zero-order valence-corrected chi connectivity index (χ0v) is 13.7. The minimum absolute atomic E-state index is 0.0612. The molecule has 1 aliphatic carbocycles. The van der Waals surface area contributed by atoms with E-state index in [-0.39, 0.29) is 34.5 Å². The predicted octanol–water partition coefficient (Wildman–Crippen LogP) is 3.74. The highest BCUT2D eigenvalue weighted by molar-refractivity contribution is 6.05. The summed E-state index contributed by atoms with van der Waals surface area (Å²) in [4.78, 5) is 23.1. The molecule has 1 aliphatic heterocycles. The Kier molecular flexibility index (Phi) is 3.83. The van der Waals surface area contributed by atoms with Crippen molar-refractivity contribution >= 4 is 23.0 Å². The van der Waals surface area contributed by atoms with Gasteiger partial charge < -0.3 is 20.1 Å². The van der Waals surface area contributed by atoms with Gasteiger partial charge in [0, 0.05) is 29.4 Å². The number of hydrogen-bond donors (Lipinski definition) is 2. The zero-order chi connectivity index (χ0) is 19.2. The molecule has 2 aromatic rings. The number of anilines is 2. The first kappa shape index (κ1) is 17.0. The van der Waals surface area contributed by atoms with Crippen LogP contribution in [0.4, 0.5) is 25.8 Å². The van der Waals surface area contributed by atoms with E-state index < -0.39 is 17.1 Å². The van der Waals surface area contributed by atoms with Gasteiger partial charge in [0.2, 0.25) is 0 Å². The molecule has 2 N–H and O–H groups in total. The molecule has 140 valence electrons. The first-order valence-electron chi connectivity index (χ1n) is 8.07. The van der Waals surface area contributed by atoms with Gasteiger partial charge in [-0.1, -0.05) is 0 Å². The number of alkyl halides is 2. The molecule has 8 nitrogen and oxygen atoms in total. The van der Waals surface area contributed by atoms with E-state index in [9.17, 15) is 23.7 Å². The Hall–Kier alpha value is -3.43. The van der Waals surface area contributed by atoms with Crippen LogP contribution >= 0.6 is 0 Å². The van der Waals surface area contributed by atoms with E-state index in [0.29, 0.717) is 5.69 Å². The third-order valence-electron chi connectivity index (χ3n) is 4.05. The van der Waals surface area contributed by atoms with Crippen LogP contribution in [0.5, 0.6) is 11.5 Å². The van der Waals surface area contributed by atoms with Gasteiger partial charge in [0.05, 0.1) is 4.92 Å². The molecule has 27 heavy (non-hydrogen) atoms. The van der Waals surface area contributed by atoms with Gasteiger partial charge in [-0.2, -0.15) is 0 Å². The van der Waals surface area contributed by atoms with Gasteiger partial charge in [-0.15, -0.1) is 8.78 Å². The lowest BCUT2D eigenvalue weighted by Gasteiger charge is -2.09. The molecule has 0 bridgehead atoms. The molecule has 1 saturated carbocycles. The van der Waals surface area contributed by atoms with Gasteiger partial charge in [-0.25, -0.2) is 0 Å². The SMILES string of the molecule is O=C(Nc1ccc2c(c1)OC(F)(F)O2)c1ccc(NC2CC2)c([N+](=O)[O-])c1. The van der Waals surface area contributed by atoms with Gasteiger partial charge in [-0.3, -0.25) is 14.9 Å². The fourth-order valence-electron chi connectivity index (χ4n) is 2.62.